The van der Waals surface area contributed by atoms with Crippen molar-refractivity contribution in [2.75, 3.05) is 0 Å². The fourth-order valence-corrected chi connectivity index (χ4v) is 4.45. The number of aryl methyl sites for hydroxylation is 2. The number of para-hydroxylation sites is 1. The molecule has 0 aliphatic rings. The summed E-state index contributed by atoms with van der Waals surface area (Å²) in [4.78, 5) is 22.6. The van der Waals surface area contributed by atoms with Gasteiger partial charge in [0, 0.05) is 5.56 Å². The lowest BCUT2D eigenvalue weighted by molar-refractivity contribution is 0.391. The van der Waals surface area contributed by atoms with Gasteiger partial charge in [0.15, 0.2) is 5.16 Å². The maximum atomic E-state index is 13.3. The van der Waals surface area contributed by atoms with Crippen molar-refractivity contribution < 1.29 is 4.52 Å². The summed E-state index contributed by atoms with van der Waals surface area (Å²) in [5.74, 6) is 1.45. The first-order valence-electron chi connectivity index (χ1n) is 10.6. The van der Waals surface area contributed by atoms with Crippen LogP contribution in [0.15, 0.2) is 87.3 Å². The third-order valence-electron chi connectivity index (χ3n) is 5.36. The van der Waals surface area contributed by atoms with E-state index >= 15 is 0 Å². The Hall–Kier alpha value is -3.71. The van der Waals surface area contributed by atoms with Crippen LogP contribution in [-0.4, -0.2) is 19.7 Å². The fraction of sp³-hybridized carbons (Fsp3) is 0.154. The topological polar surface area (TPSA) is 73.8 Å². The lowest BCUT2D eigenvalue weighted by atomic mass is 10.1. The molecule has 0 atom stereocenters. The van der Waals surface area contributed by atoms with E-state index in [4.69, 9.17) is 9.51 Å². The zero-order chi connectivity index (χ0) is 22.8. The molecule has 2 aromatic heterocycles. The van der Waals surface area contributed by atoms with Gasteiger partial charge in [-0.15, -0.1) is 0 Å². The first-order chi connectivity index (χ1) is 16.1. The Labute approximate surface area is 195 Å². The second kappa shape index (κ2) is 9.03. The summed E-state index contributed by atoms with van der Waals surface area (Å²) < 4.78 is 7.19. The summed E-state index contributed by atoms with van der Waals surface area (Å²) in [6.45, 7) is 4.51. The van der Waals surface area contributed by atoms with Crippen LogP contribution < -0.4 is 5.56 Å². The molecule has 164 valence electrons. The Morgan fingerprint density at radius 1 is 0.909 bits per heavy atom. The van der Waals surface area contributed by atoms with Crippen LogP contribution in [0.1, 0.15) is 22.6 Å². The molecule has 5 aromatic rings. The van der Waals surface area contributed by atoms with Crippen LogP contribution in [0.5, 0.6) is 0 Å². The van der Waals surface area contributed by atoms with Crippen molar-refractivity contribution in [3.8, 4) is 11.4 Å². The molecule has 6 nitrogen and oxygen atoms in total. The molecule has 0 aliphatic heterocycles. The highest BCUT2D eigenvalue weighted by Crippen LogP contribution is 2.24. The summed E-state index contributed by atoms with van der Waals surface area (Å²) in [5, 5.41) is 5.34. The summed E-state index contributed by atoms with van der Waals surface area (Å²) >= 11 is 1.42. The minimum Gasteiger partial charge on any atom is -0.338 e. The standard InChI is InChI=1S/C26H22N4O2S/c1-17-10-12-19(13-11-17)15-30-25(31)21-8-3-4-9-22(21)27-26(30)33-16-23-28-24(29-32-23)20-7-5-6-18(2)14-20/h3-14H,15-16H2,1-2H3. The molecule has 3 aromatic carbocycles. The summed E-state index contributed by atoms with van der Waals surface area (Å²) in [5.41, 5.74) is 4.88. The first-order valence-corrected chi connectivity index (χ1v) is 11.6. The van der Waals surface area contributed by atoms with Crippen molar-refractivity contribution in [1.29, 1.82) is 0 Å². The van der Waals surface area contributed by atoms with Crippen molar-refractivity contribution in [3.05, 3.63) is 106 Å². The molecule has 0 amide bonds. The number of rotatable bonds is 6. The van der Waals surface area contributed by atoms with Crippen molar-refractivity contribution >= 4 is 22.7 Å². The zero-order valence-electron chi connectivity index (χ0n) is 18.4. The van der Waals surface area contributed by atoms with Gasteiger partial charge in [0.05, 0.1) is 23.2 Å². The minimum absolute atomic E-state index is 0.0605. The Morgan fingerprint density at radius 3 is 2.55 bits per heavy atom. The zero-order valence-corrected chi connectivity index (χ0v) is 19.2. The third-order valence-corrected chi connectivity index (χ3v) is 6.32. The molecule has 0 aliphatic carbocycles. The second-order valence-corrected chi connectivity index (χ2v) is 8.90. The van der Waals surface area contributed by atoms with E-state index in [1.807, 2.05) is 86.6 Å². The number of hydrogen-bond donors (Lipinski definition) is 0. The van der Waals surface area contributed by atoms with Crippen molar-refractivity contribution in [2.24, 2.45) is 0 Å². The quantitative estimate of drug-likeness (QED) is 0.252. The van der Waals surface area contributed by atoms with Crippen molar-refractivity contribution in [1.82, 2.24) is 19.7 Å². The lowest BCUT2D eigenvalue weighted by Crippen LogP contribution is -2.24. The van der Waals surface area contributed by atoms with E-state index in [9.17, 15) is 4.79 Å². The third kappa shape index (κ3) is 4.59. The average Bonchev–Trinajstić information content (AvgIpc) is 3.30. The van der Waals surface area contributed by atoms with E-state index in [0.29, 0.717) is 40.1 Å². The smallest absolute Gasteiger partial charge is 0.262 e. The van der Waals surface area contributed by atoms with E-state index in [1.54, 1.807) is 4.57 Å². The van der Waals surface area contributed by atoms with Crippen LogP contribution in [0.3, 0.4) is 0 Å². The number of aromatic nitrogens is 4. The highest BCUT2D eigenvalue weighted by molar-refractivity contribution is 7.98. The monoisotopic (exact) mass is 454 g/mol. The van der Waals surface area contributed by atoms with Gasteiger partial charge in [-0.3, -0.25) is 9.36 Å². The SMILES string of the molecule is Cc1ccc(Cn2c(SCc3nc(-c4cccc(C)c4)no3)nc3ccccc3c2=O)cc1. The molecule has 5 rings (SSSR count). The molecule has 0 N–H and O–H groups in total. The number of nitrogens with zero attached hydrogens (tertiary/aromatic N) is 4. The van der Waals surface area contributed by atoms with Gasteiger partial charge < -0.3 is 4.52 Å². The highest BCUT2D eigenvalue weighted by atomic mass is 32.2. The molecule has 2 heterocycles. The second-order valence-electron chi connectivity index (χ2n) is 7.96. The van der Waals surface area contributed by atoms with Crippen molar-refractivity contribution in [3.63, 3.8) is 0 Å². The maximum Gasteiger partial charge on any atom is 0.262 e. The van der Waals surface area contributed by atoms with E-state index in [-0.39, 0.29) is 5.56 Å². The Kier molecular flexibility index (Phi) is 5.79. The Morgan fingerprint density at radius 2 is 1.73 bits per heavy atom. The van der Waals surface area contributed by atoms with Gasteiger partial charge >= 0.3 is 0 Å². The molecule has 0 unspecified atom stereocenters. The molecule has 0 radical (unpaired) electrons. The first kappa shape index (κ1) is 21.2. The Balaban J connectivity index is 1.46. The molecule has 0 fully saturated rings. The summed E-state index contributed by atoms with van der Waals surface area (Å²) in [6, 6.07) is 23.6. The van der Waals surface area contributed by atoms with Gasteiger partial charge in [0.1, 0.15) is 0 Å². The highest BCUT2D eigenvalue weighted by Gasteiger charge is 2.15. The van der Waals surface area contributed by atoms with E-state index in [2.05, 4.69) is 10.1 Å². The molecular formula is C26H22N4O2S. The van der Waals surface area contributed by atoms with Gasteiger partial charge in [-0.05, 0) is 37.6 Å². The number of hydrogen-bond acceptors (Lipinski definition) is 6. The molecule has 0 spiro atoms. The number of thioether (sulfide) groups is 1. The van der Waals surface area contributed by atoms with Gasteiger partial charge in [0.25, 0.3) is 5.56 Å². The number of benzene rings is 3. The molecule has 33 heavy (non-hydrogen) atoms. The molecule has 0 saturated carbocycles. The van der Waals surface area contributed by atoms with Crippen LogP contribution in [0.25, 0.3) is 22.3 Å². The van der Waals surface area contributed by atoms with E-state index < -0.39 is 0 Å². The molecule has 0 saturated heterocycles. The van der Waals surface area contributed by atoms with E-state index in [0.717, 1.165) is 16.7 Å². The van der Waals surface area contributed by atoms with E-state index in [1.165, 1.54) is 17.3 Å². The summed E-state index contributed by atoms with van der Waals surface area (Å²) in [7, 11) is 0. The predicted octanol–water partition coefficient (Wildman–Crippen LogP) is 5.40. The van der Waals surface area contributed by atoms with Crippen molar-refractivity contribution in [2.45, 2.75) is 31.3 Å². The Bertz CT molecular complexity index is 1490. The van der Waals surface area contributed by atoms with Crippen LogP contribution in [0.4, 0.5) is 0 Å². The molecular weight excluding hydrogens is 432 g/mol. The van der Waals surface area contributed by atoms with Gasteiger partial charge in [0.2, 0.25) is 11.7 Å². The number of fused-ring (bicyclic) bond motifs is 1. The van der Waals surface area contributed by atoms with Gasteiger partial charge in [-0.25, -0.2) is 4.98 Å². The normalized spacial score (nSPS) is 11.2. The lowest BCUT2D eigenvalue weighted by Gasteiger charge is -2.13. The van der Waals surface area contributed by atoms with Crippen LogP contribution >= 0.6 is 11.8 Å². The predicted molar refractivity (Wildman–Crippen MR) is 130 cm³/mol. The minimum atomic E-state index is -0.0605. The van der Waals surface area contributed by atoms with Gasteiger partial charge in [-0.2, -0.15) is 4.98 Å². The average molecular weight is 455 g/mol. The summed E-state index contributed by atoms with van der Waals surface area (Å²) in [6.07, 6.45) is 0. The largest absolute Gasteiger partial charge is 0.338 e. The fourth-order valence-electron chi connectivity index (χ4n) is 3.61. The van der Waals surface area contributed by atoms with Crippen LogP contribution in [0, 0.1) is 13.8 Å². The molecule has 0 bridgehead atoms. The van der Waals surface area contributed by atoms with Crippen LogP contribution in [-0.2, 0) is 12.3 Å². The maximum absolute atomic E-state index is 13.3. The van der Waals surface area contributed by atoms with Gasteiger partial charge in [-0.1, -0.05) is 82.6 Å². The van der Waals surface area contributed by atoms with Crippen LogP contribution in [0.2, 0.25) is 0 Å². The molecule has 7 heteroatoms.